The van der Waals surface area contributed by atoms with Gasteiger partial charge < -0.3 is 15.2 Å². The first kappa shape index (κ1) is 22.0. The summed E-state index contributed by atoms with van der Waals surface area (Å²) >= 11 is 9.04. The van der Waals surface area contributed by atoms with E-state index in [-0.39, 0.29) is 26.4 Å². The van der Waals surface area contributed by atoms with Gasteiger partial charge in [0.2, 0.25) is 0 Å². The van der Waals surface area contributed by atoms with Crippen molar-refractivity contribution in [3.63, 3.8) is 0 Å². The number of rotatable bonds is 5. The Balaban J connectivity index is 2.18. The van der Waals surface area contributed by atoms with Crippen molar-refractivity contribution in [1.82, 2.24) is 5.16 Å². The molecule has 0 amide bonds. The van der Waals surface area contributed by atoms with Gasteiger partial charge in [-0.1, -0.05) is 28.9 Å². The molecule has 0 spiro atoms. The molecule has 2 aromatic carbocycles. The number of aromatic nitrogens is 1. The molecule has 0 atom stereocenters. The molecule has 30 heavy (non-hydrogen) atoms. The second kappa shape index (κ2) is 8.57. The number of benzene rings is 2. The molecule has 0 aliphatic heterocycles. The van der Waals surface area contributed by atoms with Crippen molar-refractivity contribution in [1.29, 1.82) is 5.41 Å². The van der Waals surface area contributed by atoms with Crippen LogP contribution in [0.4, 0.5) is 27.6 Å². The minimum atomic E-state index is -4.97. The first-order chi connectivity index (χ1) is 14.1. The van der Waals surface area contributed by atoms with Crippen LogP contribution in [0.2, 0.25) is 5.02 Å². The molecule has 2 N–H and O–H groups in total. The molecule has 3 aromatic rings. The molecular formula is C19H10BrClF5N3O. The van der Waals surface area contributed by atoms with E-state index in [0.29, 0.717) is 6.21 Å². The van der Waals surface area contributed by atoms with E-state index in [4.69, 9.17) is 21.5 Å². The smallest absolute Gasteiger partial charge is 0.354 e. The Morgan fingerprint density at radius 3 is 2.47 bits per heavy atom. The quantitative estimate of drug-likeness (QED) is 0.287. The van der Waals surface area contributed by atoms with Gasteiger partial charge in [-0.2, -0.15) is 13.2 Å². The predicted molar refractivity (Wildman–Crippen MR) is 106 cm³/mol. The maximum Gasteiger partial charge on any atom is 0.432 e. The molecule has 3 rings (SSSR count). The molecule has 0 unspecified atom stereocenters. The highest BCUT2D eigenvalue weighted by molar-refractivity contribution is 9.10. The summed E-state index contributed by atoms with van der Waals surface area (Å²) in [5.41, 5.74) is -2.71. The fourth-order valence-electron chi connectivity index (χ4n) is 2.58. The van der Waals surface area contributed by atoms with Crippen LogP contribution in [0.3, 0.4) is 0 Å². The summed E-state index contributed by atoms with van der Waals surface area (Å²) in [5.74, 6) is -2.01. The Morgan fingerprint density at radius 2 is 1.87 bits per heavy atom. The van der Waals surface area contributed by atoms with Crippen molar-refractivity contribution in [2.45, 2.75) is 6.18 Å². The lowest BCUT2D eigenvalue weighted by Gasteiger charge is -2.17. The van der Waals surface area contributed by atoms with Crippen LogP contribution in [0.1, 0.15) is 5.76 Å². The third-order valence-corrected chi connectivity index (χ3v) is 4.92. The Hall–Kier alpha value is -2.72. The van der Waals surface area contributed by atoms with Crippen LogP contribution in [-0.2, 0) is 0 Å². The molecular weight excluding hydrogens is 497 g/mol. The van der Waals surface area contributed by atoms with Crippen LogP contribution >= 0.6 is 27.5 Å². The lowest BCUT2D eigenvalue weighted by Crippen LogP contribution is -2.21. The fourth-order valence-corrected chi connectivity index (χ4v) is 3.39. The first-order valence-electron chi connectivity index (χ1n) is 8.08. The fraction of sp³-hybridized carbons (Fsp3) is 0.0526. The first-order valence-corrected chi connectivity index (χ1v) is 9.25. The molecule has 0 bridgehead atoms. The Labute approximate surface area is 180 Å². The highest BCUT2D eigenvalue weighted by atomic mass is 79.9. The normalized spacial score (nSPS) is 12.5. The van der Waals surface area contributed by atoms with E-state index in [1.54, 1.807) is 0 Å². The molecule has 0 aliphatic rings. The number of alkyl halides is 3. The number of nitrogens with one attached hydrogen (secondary N) is 2. The lowest BCUT2D eigenvalue weighted by molar-refractivity contribution is -0.0896. The van der Waals surface area contributed by atoms with Gasteiger partial charge >= 0.3 is 6.18 Å². The number of hydrogen-bond acceptors (Lipinski definition) is 4. The Morgan fingerprint density at radius 1 is 1.17 bits per heavy atom. The van der Waals surface area contributed by atoms with E-state index in [1.807, 2.05) is 0 Å². The molecule has 0 saturated heterocycles. The van der Waals surface area contributed by atoms with Gasteiger partial charge in [-0.05, 0) is 46.3 Å². The zero-order valence-electron chi connectivity index (χ0n) is 14.6. The molecule has 0 aliphatic carbocycles. The van der Waals surface area contributed by atoms with Crippen molar-refractivity contribution < 1.29 is 26.5 Å². The van der Waals surface area contributed by atoms with Gasteiger partial charge in [0.25, 0.3) is 0 Å². The van der Waals surface area contributed by atoms with Gasteiger partial charge in [0.15, 0.2) is 5.76 Å². The van der Waals surface area contributed by atoms with E-state index in [0.717, 1.165) is 18.2 Å². The van der Waals surface area contributed by atoms with Crippen LogP contribution < -0.4 is 5.32 Å². The molecule has 1 aromatic heterocycles. The maximum atomic E-state index is 14.2. The molecule has 4 nitrogen and oxygen atoms in total. The van der Waals surface area contributed by atoms with E-state index < -0.39 is 34.8 Å². The summed E-state index contributed by atoms with van der Waals surface area (Å²) in [7, 11) is 0. The van der Waals surface area contributed by atoms with E-state index in [9.17, 15) is 22.0 Å². The van der Waals surface area contributed by atoms with E-state index in [2.05, 4.69) is 26.4 Å². The maximum absolute atomic E-state index is 14.2. The minimum absolute atomic E-state index is 0.0372. The van der Waals surface area contributed by atoms with Crippen LogP contribution in [0, 0.1) is 17.0 Å². The summed E-state index contributed by atoms with van der Waals surface area (Å²) in [5, 5.41) is 13.2. The Kier molecular flexibility index (Phi) is 6.27. The third kappa shape index (κ3) is 4.39. The topological polar surface area (TPSA) is 61.9 Å². The van der Waals surface area contributed by atoms with Crippen LogP contribution in [0.15, 0.2) is 57.2 Å². The number of allylic oxidation sites excluding steroid dienone is 2. The summed E-state index contributed by atoms with van der Waals surface area (Å²) < 4.78 is 73.7. The molecule has 11 heteroatoms. The second-order valence-corrected chi connectivity index (χ2v) is 7.04. The molecule has 0 saturated carbocycles. The SMILES string of the molecule is N=C/C(=C(\Nc1cccc(F)c1)C(F)(F)F)c1onc(-c2c(F)cccc2Cl)c1Br. The van der Waals surface area contributed by atoms with Gasteiger partial charge in [0.1, 0.15) is 23.0 Å². The summed E-state index contributed by atoms with van der Waals surface area (Å²) in [4.78, 5) is 0. The van der Waals surface area contributed by atoms with Crippen molar-refractivity contribution in [2.24, 2.45) is 0 Å². The van der Waals surface area contributed by atoms with Crippen LogP contribution in [0.5, 0.6) is 0 Å². The van der Waals surface area contributed by atoms with E-state index >= 15 is 0 Å². The van der Waals surface area contributed by atoms with Crippen LogP contribution in [0.25, 0.3) is 16.8 Å². The summed E-state index contributed by atoms with van der Waals surface area (Å²) in [6.45, 7) is 0. The third-order valence-electron chi connectivity index (χ3n) is 3.87. The molecule has 0 fully saturated rings. The van der Waals surface area contributed by atoms with Crippen molar-refractivity contribution in [3.05, 3.63) is 75.1 Å². The largest absolute Gasteiger partial charge is 0.432 e. The van der Waals surface area contributed by atoms with Gasteiger partial charge in [-0.15, -0.1) is 0 Å². The monoisotopic (exact) mass is 505 g/mol. The summed E-state index contributed by atoms with van der Waals surface area (Å²) in [6, 6.07) is 8.19. The molecule has 156 valence electrons. The predicted octanol–water partition coefficient (Wildman–Crippen LogP) is 7.07. The zero-order valence-corrected chi connectivity index (χ0v) is 17.0. The highest BCUT2D eigenvalue weighted by Crippen LogP contribution is 2.41. The summed E-state index contributed by atoms with van der Waals surface area (Å²) in [6.07, 6.45) is -4.58. The van der Waals surface area contributed by atoms with Gasteiger partial charge in [0.05, 0.1) is 20.6 Å². The number of halogens is 7. The zero-order chi connectivity index (χ0) is 22.1. The lowest BCUT2D eigenvalue weighted by atomic mass is 10.1. The number of hydrogen-bond donors (Lipinski definition) is 2. The van der Waals surface area contributed by atoms with Gasteiger partial charge in [0, 0.05) is 11.9 Å². The van der Waals surface area contributed by atoms with Gasteiger partial charge in [-0.3, -0.25) is 0 Å². The number of nitrogens with zero attached hydrogens (tertiary/aromatic N) is 1. The van der Waals surface area contributed by atoms with Crippen LogP contribution in [-0.4, -0.2) is 17.5 Å². The highest BCUT2D eigenvalue weighted by Gasteiger charge is 2.39. The van der Waals surface area contributed by atoms with Crippen molar-refractivity contribution in [2.75, 3.05) is 5.32 Å². The molecule has 1 heterocycles. The van der Waals surface area contributed by atoms with Crippen molar-refractivity contribution >= 4 is 45.0 Å². The minimum Gasteiger partial charge on any atom is -0.354 e. The van der Waals surface area contributed by atoms with Gasteiger partial charge in [-0.25, -0.2) is 8.78 Å². The average Bonchev–Trinajstić information content (AvgIpc) is 3.02. The van der Waals surface area contributed by atoms with Crippen molar-refractivity contribution in [3.8, 4) is 11.3 Å². The Bertz CT molecular complexity index is 1120. The molecule has 0 radical (unpaired) electrons. The second-order valence-electron chi connectivity index (χ2n) is 5.84. The van der Waals surface area contributed by atoms with E-state index in [1.165, 1.54) is 24.3 Å². The average molecular weight is 507 g/mol. The number of anilines is 1. The standard InChI is InChI=1S/C19H10BrClF5N3O/c20-15-16(14-12(21)5-2-6-13(14)23)29-30-17(15)11(8-27)18(19(24,25)26)28-10-4-1-3-9(22)7-10/h1-8,27-28H/b18-11+,27-8?.